The molecular weight excluding hydrogens is 814 g/mol. The largest absolute Gasteiger partial charge is 0.465 e. The van der Waals surface area contributed by atoms with Crippen LogP contribution in [0, 0.1) is 12.3 Å². The van der Waals surface area contributed by atoms with Crippen molar-refractivity contribution < 1.29 is 76.3 Å². The van der Waals surface area contributed by atoms with Gasteiger partial charge in [-0.05, 0) is 28.8 Å². The van der Waals surface area contributed by atoms with Gasteiger partial charge in [0.15, 0.2) is 25.4 Å². The average Bonchev–Trinajstić information content (AvgIpc) is 3.19. The maximum Gasteiger partial charge on any atom is 0.408 e. The van der Waals surface area contributed by atoms with Crippen molar-refractivity contribution in [3.63, 3.8) is 0 Å². The fourth-order valence-corrected chi connectivity index (χ4v) is 6.01. The molecule has 324 valence electrons. The first-order valence-electron chi connectivity index (χ1n) is 18.2. The van der Waals surface area contributed by atoms with Crippen molar-refractivity contribution in [1.29, 1.82) is 0 Å². The molecule has 1 aliphatic heterocycles. The molecule has 0 unspecified atom stereocenters. The Kier molecular flexibility index (Phi) is 18.8. The highest BCUT2D eigenvalue weighted by molar-refractivity contribution is 6.30. The van der Waals surface area contributed by atoms with Gasteiger partial charge in [0.2, 0.25) is 5.91 Å². The summed E-state index contributed by atoms with van der Waals surface area (Å²) in [5.74, 6) is -6.49. The summed E-state index contributed by atoms with van der Waals surface area (Å²) in [6.07, 6.45) is -3.09. The first-order valence-corrected chi connectivity index (χ1v) is 18.6. The van der Waals surface area contributed by atoms with Gasteiger partial charge in [-0.25, -0.2) is 9.59 Å². The van der Waals surface area contributed by atoms with E-state index in [0.717, 1.165) is 34.8 Å². The molecule has 0 spiro atoms. The van der Waals surface area contributed by atoms with Crippen LogP contribution in [-0.2, 0) is 91.0 Å². The molecule has 6 atom stereocenters. The molecule has 1 fully saturated rings. The average molecular weight is 860 g/mol. The number of benzene rings is 2. The van der Waals surface area contributed by atoms with Crippen molar-refractivity contribution >= 4 is 59.4 Å². The first kappa shape index (κ1) is 48.1. The number of alkyl carbamates (subject to hydrolysis) is 1. The van der Waals surface area contributed by atoms with Crippen LogP contribution in [0.3, 0.4) is 0 Å². The number of terminal acetylenes is 1. The fourth-order valence-electron chi connectivity index (χ4n) is 5.89. The molecular formula is C40H46ClN3O16. The van der Waals surface area contributed by atoms with Crippen molar-refractivity contribution in [2.75, 3.05) is 26.9 Å². The number of ether oxygens (including phenoxy) is 8. The van der Waals surface area contributed by atoms with Gasteiger partial charge in [0, 0.05) is 39.3 Å². The number of hydrogen-bond acceptors (Lipinski definition) is 16. The van der Waals surface area contributed by atoms with E-state index in [1.165, 1.54) is 0 Å². The minimum absolute atomic E-state index is 0.0820. The SMILES string of the molecule is C#CCOC(=O)NCc1ccc(CO[C@]2(C(=O)OC)C[C@H](OC(C)=O)[C@@H](NC(=O)COC(C)=O)[C@H]([C@H](OC(C)=O)[C@@H](CNC(=O)Cc3ccc(Cl)cc3)OC(C)=O)O2)cc1. The van der Waals surface area contributed by atoms with Crippen LogP contribution < -0.4 is 16.0 Å². The molecule has 2 aromatic carbocycles. The number of methoxy groups -OCH3 is 1. The number of carbonyl (C=O) groups excluding carboxylic acids is 8. The summed E-state index contributed by atoms with van der Waals surface area (Å²) in [6, 6.07) is 11.4. The molecule has 0 aliphatic carbocycles. The molecule has 20 heteroatoms. The Balaban J connectivity index is 2.07. The zero-order valence-electron chi connectivity index (χ0n) is 33.4. The summed E-state index contributed by atoms with van der Waals surface area (Å²) >= 11 is 5.96. The highest BCUT2D eigenvalue weighted by Crippen LogP contribution is 2.37. The molecule has 0 aromatic heterocycles. The Bertz CT molecular complexity index is 1900. The van der Waals surface area contributed by atoms with Gasteiger partial charge in [0.05, 0.1) is 39.1 Å². The van der Waals surface area contributed by atoms with Gasteiger partial charge in [-0.3, -0.25) is 28.8 Å². The van der Waals surface area contributed by atoms with Crippen molar-refractivity contribution in [2.24, 2.45) is 0 Å². The van der Waals surface area contributed by atoms with Crippen LogP contribution in [0.15, 0.2) is 48.5 Å². The molecule has 19 nitrogen and oxygen atoms in total. The standard InChI is InChI=1S/C40H46ClN3O16/c1-7-16-54-39(52)43-19-28-8-10-29(11-9-28)21-56-40(38(51)53-6)18-31(57-24(3)46)35(44-34(50)22-55-23(2)45)37(60-40)36(59-26(5)48)32(58-25(4)47)20-42-33(49)17-27-12-14-30(41)15-13-27/h1,8-15,31-32,35-37H,16-22H2,2-6H3,(H,42,49)(H,43,52)(H,44,50)/t31-,32+,35+,36+,37+,40+/m0/s1. The Hall–Kier alpha value is -6.23. The summed E-state index contributed by atoms with van der Waals surface area (Å²) in [7, 11) is 1.03. The summed E-state index contributed by atoms with van der Waals surface area (Å²) in [6.45, 7) is 2.37. The number of hydrogen-bond donors (Lipinski definition) is 3. The van der Waals surface area contributed by atoms with Crippen molar-refractivity contribution in [3.05, 3.63) is 70.2 Å². The number of carbonyl (C=O) groups is 8. The van der Waals surface area contributed by atoms with E-state index in [2.05, 4.69) is 21.9 Å². The van der Waals surface area contributed by atoms with E-state index in [0.29, 0.717) is 21.7 Å². The molecule has 0 saturated carbocycles. The smallest absolute Gasteiger partial charge is 0.408 e. The molecule has 1 aliphatic rings. The zero-order chi connectivity index (χ0) is 44.4. The van der Waals surface area contributed by atoms with Crippen molar-refractivity contribution in [1.82, 2.24) is 16.0 Å². The summed E-state index contributed by atoms with van der Waals surface area (Å²) in [4.78, 5) is 101. The van der Waals surface area contributed by atoms with Crippen LogP contribution in [0.1, 0.15) is 50.8 Å². The molecule has 0 radical (unpaired) electrons. The van der Waals surface area contributed by atoms with E-state index in [4.69, 9.17) is 55.9 Å². The Morgan fingerprint density at radius 1 is 0.833 bits per heavy atom. The van der Waals surface area contributed by atoms with E-state index in [1.807, 2.05) is 0 Å². The molecule has 3 rings (SSSR count). The van der Waals surface area contributed by atoms with Crippen LogP contribution in [0.2, 0.25) is 5.02 Å². The maximum atomic E-state index is 13.8. The molecule has 60 heavy (non-hydrogen) atoms. The molecule has 1 saturated heterocycles. The summed E-state index contributed by atoms with van der Waals surface area (Å²) in [5.41, 5.74) is 1.70. The van der Waals surface area contributed by atoms with Gasteiger partial charge >= 0.3 is 35.9 Å². The van der Waals surface area contributed by atoms with Crippen LogP contribution in [0.4, 0.5) is 4.79 Å². The number of halogens is 1. The fraction of sp³-hybridized carbons (Fsp3) is 0.450. The molecule has 0 bridgehead atoms. The van der Waals surface area contributed by atoms with Crippen molar-refractivity contribution in [2.45, 2.75) is 89.9 Å². The highest BCUT2D eigenvalue weighted by atomic mass is 35.5. The lowest BCUT2D eigenvalue weighted by Crippen LogP contribution is -2.69. The van der Waals surface area contributed by atoms with Gasteiger partial charge in [0.25, 0.3) is 11.7 Å². The second-order valence-electron chi connectivity index (χ2n) is 13.1. The predicted octanol–water partition coefficient (Wildman–Crippen LogP) is 1.58. The quantitative estimate of drug-likeness (QED) is 0.103. The van der Waals surface area contributed by atoms with E-state index < -0.39 is 104 Å². The van der Waals surface area contributed by atoms with Gasteiger partial charge in [-0.2, -0.15) is 0 Å². The van der Waals surface area contributed by atoms with Crippen LogP contribution in [-0.4, -0.2) is 111 Å². The molecule has 1 heterocycles. The van der Waals surface area contributed by atoms with E-state index in [1.54, 1.807) is 48.5 Å². The van der Waals surface area contributed by atoms with E-state index in [-0.39, 0.29) is 26.2 Å². The first-order chi connectivity index (χ1) is 28.4. The summed E-state index contributed by atoms with van der Waals surface area (Å²) < 4.78 is 44.1. The van der Waals surface area contributed by atoms with E-state index in [9.17, 15) is 38.4 Å². The lowest BCUT2D eigenvalue weighted by Gasteiger charge is -2.48. The third-order valence-corrected chi connectivity index (χ3v) is 8.66. The second kappa shape index (κ2) is 23.4. The number of esters is 5. The highest BCUT2D eigenvalue weighted by Gasteiger charge is 2.59. The zero-order valence-corrected chi connectivity index (χ0v) is 34.2. The third kappa shape index (κ3) is 15.5. The predicted molar refractivity (Wildman–Crippen MR) is 206 cm³/mol. The lowest BCUT2D eigenvalue weighted by molar-refractivity contribution is -0.317. The Morgan fingerprint density at radius 2 is 1.47 bits per heavy atom. The van der Waals surface area contributed by atoms with Gasteiger partial charge < -0.3 is 53.8 Å². The Labute approximate surface area is 350 Å². The number of amides is 3. The van der Waals surface area contributed by atoms with E-state index >= 15 is 0 Å². The minimum Gasteiger partial charge on any atom is -0.465 e. The number of rotatable bonds is 19. The van der Waals surface area contributed by atoms with Gasteiger partial charge in [-0.15, -0.1) is 6.42 Å². The second-order valence-corrected chi connectivity index (χ2v) is 13.6. The monoisotopic (exact) mass is 859 g/mol. The minimum atomic E-state index is -2.48. The van der Waals surface area contributed by atoms with Crippen molar-refractivity contribution in [3.8, 4) is 12.3 Å². The normalized spacial score (nSPS) is 19.1. The molecule has 3 N–H and O–H groups in total. The Morgan fingerprint density at radius 3 is 2.05 bits per heavy atom. The van der Waals surface area contributed by atoms with Gasteiger partial charge in [0.1, 0.15) is 12.2 Å². The topological polar surface area (TPSA) is 246 Å². The lowest BCUT2D eigenvalue weighted by atomic mass is 9.87. The van der Waals surface area contributed by atoms with Crippen LogP contribution >= 0.6 is 11.6 Å². The number of nitrogens with one attached hydrogen (secondary N) is 3. The van der Waals surface area contributed by atoms with Gasteiger partial charge in [-0.1, -0.05) is 53.9 Å². The molecule has 3 amide bonds. The summed E-state index contributed by atoms with van der Waals surface area (Å²) in [5, 5.41) is 8.15. The molecule has 2 aromatic rings. The maximum absolute atomic E-state index is 13.8. The van der Waals surface area contributed by atoms with Crippen LogP contribution in [0.5, 0.6) is 0 Å². The van der Waals surface area contributed by atoms with Crippen LogP contribution in [0.25, 0.3) is 0 Å². The third-order valence-electron chi connectivity index (χ3n) is 8.41.